The van der Waals surface area contributed by atoms with Gasteiger partial charge in [0.15, 0.2) is 5.75 Å². The molecule has 5 nitrogen and oxygen atoms in total. The largest absolute Gasteiger partial charge is 0.480 e. The Morgan fingerprint density at radius 3 is 2.33 bits per heavy atom. The summed E-state index contributed by atoms with van der Waals surface area (Å²) < 4.78 is 25.9. The molecular formula is C6H12O5S. The Morgan fingerprint density at radius 2 is 2.00 bits per heavy atom. The molecule has 0 aromatic carbocycles. The minimum atomic E-state index is -3.88. The Morgan fingerprint density at radius 1 is 1.50 bits per heavy atom. The maximum Gasteiger partial charge on any atom is 0.321 e. The first-order valence-electron chi connectivity index (χ1n) is 3.42. The van der Waals surface area contributed by atoms with Crippen molar-refractivity contribution in [3.8, 4) is 0 Å². The van der Waals surface area contributed by atoms with E-state index in [-0.39, 0.29) is 12.5 Å². The summed E-state index contributed by atoms with van der Waals surface area (Å²) >= 11 is 0. The minimum Gasteiger partial charge on any atom is -0.480 e. The average Bonchev–Trinajstić information content (AvgIpc) is 1.81. The lowest BCUT2D eigenvalue weighted by Crippen LogP contribution is -2.19. The Bertz CT molecular complexity index is 241. The molecule has 0 unspecified atom stereocenters. The standard InChI is InChI=1S/C6H12O5S/c1-5(2)3-11-12(9,10)4-6(7)8/h5H,3-4H2,1-2H3,(H,7,8). The fourth-order valence-electron chi connectivity index (χ4n) is 0.433. The first-order valence-corrected chi connectivity index (χ1v) is 5.00. The van der Waals surface area contributed by atoms with Crippen LogP contribution in [0.15, 0.2) is 0 Å². The van der Waals surface area contributed by atoms with Crippen molar-refractivity contribution in [1.29, 1.82) is 0 Å². The van der Waals surface area contributed by atoms with E-state index in [1.165, 1.54) is 0 Å². The topological polar surface area (TPSA) is 80.7 Å². The van der Waals surface area contributed by atoms with Crippen LogP contribution in [-0.4, -0.2) is 31.9 Å². The monoisotopic (exact) mass is 196 g/mol. The van der Waals surface area contributed by atoms with Crippen molar-refractivity contribution in [2.75, 3.05) is 12.4 Å². The quantitative estimate of drug-likeness (QED) is 0.629. The van der Waals surface area contributed by atoms with Gasteiger partial charge in [-0.1, -0.05) is 13.8 Å². The van der Waals surface area contributed by atoms with Crippen LogP contribution < -0.4 is 0 Å². The molecule has 0 atom stereocenters. The molecule has 72 valence electrons. The summed E-state index contributed by atoms with van der Waals surface area (Å²) in [5.74, 6) is -2.31. The predicted octanol–water partition coefficient (Wildman–Crippen LogP) is 0.0734. The summed E-state index contributed by atoms with van der Waals surface area (Å²) in [6.45, 7) is 3.57. The van der Waals surface area contributed by atoms with Gasteiger partial charge < -0.3 is 5.11 Å². The third-order valence-corrected chi connectivity index (χ3v) is 1.98. The van der Waals surface area contributed by atoms with Crippen LogP contribution in [0.1, 0.15) is 13.8 Å². The van der Waals surface area contributed by atoms with Crippen molar-refractivity contribution < 1.29 is 22.5 Å². The SMILES string of the molecule is CC(C)COS(=O)(=O)CC(=O)O. The normalized spacial score (nSPS) is 11.9. The summed E-state index contributed by atoms with van der Waals surface area (Å²) in [7, 11) is -3.88. The third-order valence-electron chi connectivity index (χ3n) is 0.881. The summed E-state index contributed by atoms with van der Waals surface area (Å²) in [6, 6.07) is 0. The lowest BCUT2D eigenvalue weighted by atomic mass is 10.2. The number of carbonyl (C=O) groups is 1. The molecule has 0 aliphatic heterocycles. The van der Waals surface area contributed by atoms with Gasteiger partial charge in [-0.15, -0.1) is 0 Å². The number of aliphatic carboxylic acids is 1. The van der Waals surface area contributed by atoms with Gasteiger partial charge in [0.25, 0.3) is 10.1 Å². The van der Waals surface area contributed by atoms with Crippen LogP contribution in [0.2, 0.25) is 0 Å². The van der Waals surface area contributed by atoms with Gasteiger partial charge in [0.05, 0.1) is 6.61 Å². The summed E-state index contributed by atoms with van der Waals surface area (Å²) in [6.07, 6.45) is 0. The Labute approximate surface area is 71.5 Å². The predicted molar refractivity (Wildman–Crippen MR) is 42.2 cm³/mol. The van der Waals surface area contributed by atoms with E-state index in [2.05, 4.69) is 4.18 Å². The highest BCUT2D eigenvalue weighted by Gasteiger charge is 2.16. The molecule has 0 aliphatic carbocycles. The second-order valence-electron chi connectivity index (χ2n) is 2.77. The first-order chi connectivity index (χ1) is 5.33. The number of carboxylic acids is 1. The van der Waals surface area contributed by atoms with Crippen LogP contribution in [0, 0.1) is 5.92 Å². The fraction of sp³-hybridized carbons (Fsp3) is 0.833. The molecule has 0 amide bonds. The van der Waals surface area contributed by atoms with Gasteiger partial charge in [-0.2, -0.15) is 8.42 Å². The molecule has 0 fully saturated rings. The highest BCUT2D eigenvalue weighted by atomic mass is 32.2. The van der Waals surface area contributed by atoms with E-state index in [0.717, 1.165) is 0 Å². The number of hydrogen-bond acceptors (Lipinski definition) is 4. The van der Waals surface area contributed by atoms with Crippen molar-refractivity contribution >= 4 is 16.1 Å². The zero-order valence-electron chi connectivity index (χ0n) is 6.98. The smallest absolute Gasteiger partial charge is 0.321 e. The average molecular weight is 196 g/mol. The maximum absolute atomic E-state index is 10.7. The zero-order valence-corrected chi connectivity index (χ0v) is 7.80. The van der Waals surface area contributed by atoms with Crippen molar-refractivity contribution in [3.05, 3.63) is 0 Å². The van der Waals surface area contributed by atoms with Crippen molar-refractivity contribution in [1.82, 2.24) is 0 Å². The molecule has 0 radical (unpaired) electrons. The summed E-state index contributed by atoms with van der Waals surface area (Å²) in [5.41, 5.74) is 0. The highest BCUT2D eigenvalue weighted by Crippen LogP contribution is 1.99. The number of hydrogen-bond donors (Lipinski definition) is 1. The third kappa shape index (κ3) is 6.11. The molecule has 0 heterocycles. The van der Waals surface area contributed by atoms with Gasteiger partial charge in [-0.25, -0.2) is 0 Å². The Balaban J connectivity index is 3.98. The van der Waals surface area contributed by atoms with E-state index >= 15 is 0 Å². The zero-order chi connectivity index (χ0) is 9.78. The van der Waals surface area contributed by atoms with E-state index in [4.69, 9.17) is 5.11 Å². The van der Waals surface area contributed by atoms with Crippen LogP contribution in [0.5, 0.6) is 0 Å². The number of rotatable bonds is 5. The van der Waals surface area contributed by atoms with Gasteiger partial charge in [0.2, 0.25) is 0 Å². The van der Waals surface area contributed by atoms with E-state index in [1.54, 1.807) is 13.8 Å². The first kappa shape index (κ1) is 11.4. The molecule has 0 bridgehead atoms. The van der Waals surface area contributed by atoms with Gasteiger partial charge >= 0.3 is 5.97 Å². The molecule has 6 heteroatoms. The van der Waals surface area contributed by atoms with Gasteiger partial charge in [0.1, 0.15) is 0 Å². The van der Waals surface area contributed by atoms with Crippen LogP contribution in [0.3, 0.4) is 0 Å². The van der Waals surface area contributed by atoms with Crippen LogP contribution in [0.4, 0.5) is 0 Å². The molecule has 0 rings (SSSR count). The molecule has 0 aromatic rings. The lowest BCUT2D eigenvalue weighted by Gasteiger charge is -2.04. The van der Waals surface area contributed by atoms with Crippen molar-refractivity contribution in [3.63, 3.8) is 0 Å². The highest BCUT2D eigenvalue weighted by molar-refractivity contribution is 7.87. The van der Waals surface area contributed by atoms with Gasteiger partial charge in [-0.3, -0.25) is 8.98 Å². The van der Waals surface area contributed by atoms with Crippen LogP contribution in [-0.2, 0) is 19.1 Å². The molecule has 1 N–H and O–H groups in total. The Hall–Kier alpha value is -0.620. The molecule has 0 aromatic heterocycles. The maximum atomic E-state index is 10.7. The molecule has 0 saturated heterocycles. The lowest BCUT2D eigenvalue weighted by molar-refractivity contribution is -0.134. The number of carboxylic acid groups (broad SMARTS) is 1. The molecule has 0 saturated carbocycles. The van der Waals surface area contributed by atoms with E-state index < -0.39 is 21.8 Å². The summed E-state index contributed by atoms with van der Waals surface area (Å²) in [4.78, 5) is 10.0. The molecule has 12 heavy (non-hydrogen) atoms. The van der Waals surface area contributed by atoms with Gasteiger partial charge in [-0.05, 0) is 5.92 Å². The van der Waals surface area contributed by atoms with Crippen molar-refractivity contribution in [2.24, 2.45) is 5.92 Å². The second-order valence-corrected chi connectivity index (χ2v) is 4.41. The van der Waals surface area contributed by atoms with Crippen LogP contribution in [0.25, 0.3) is 0 Å². The van der Waals surface area contributed by atoms with E-state index in [9.17, 15) is 13.2 Å². The summed E-state index contributed by atoms with van der Waals surface area (Å²) in [5, 5.41) is 8.16. The van der Waals surface area contributed by atoms with Gasteiger partial charge in [0, 0.05) is 0 Å². The van der Waals surface area contributed by atoms with Crippen LogP contribution >= 0.6 is 0 Å². The molecular weight excluding hydrogens is 184 g/mol. The minimum absolute atomic E-state index is 0.0234. The van der Waals surface area contributed by atoms with E-state index in [1.807, 2.05) is 0 Å². The molecule has 0 aliphatic rings. The fourth-order valence-corrected chi connectivity index (χ4v) is 1.30. The van der Waals surface area contributed by atoms with Crippen molar-refractivity contribution in [2.45, 2.75) is 13.8 Å². The Kier molecular flexibility index (Phi) is 4.19. The second kappa shape index (κ2) is 4.42. The molecule has 0 spiro atoms. The van der Waals surface area contributed by atoms with E-state index in [0.29, 0.717) is 0 Å².